The summed E-state index contributed by atoms with van der Waals surface area (Å²) >= 11 is 0. The van der Waals surface area contributed by atoms with E-state index in [1.165, 1.54) is 6.08 Å². The van der Waals surface area contributed by atoms with Crippen LogP contribution in [0.5, 0.6) is 0 Å². The van der Waals surface area contributed by atoms with Crippen molar-refractivity contribution in [2.24, 2.45) is 4.40 Å². The highest BCUT2D eigenvalue weighted by Crippen LogP contribution is 2.24. The average Bonchev–Trinajstić information content (AvgIpc) is 1.82. The lowest BCUT2D eigenvalue weighted by atomic mass is 10.3. The molecule has 0 aliphatic rings. The number of hydrogen-bond donors (Lipinski definition) is 0. The van der Waals surface area contributed by atoms with E-state index in [0.29, 0.717) is 11.8 Å². The van der Waals surface area contributed by atoms with Crippen molar-refractivity contribution >= 4 is 16.2 Å². The second-order valence-electron chi connectivity index (χ2n) is 2.42. The Balaban J connectivity index is 4.74. The van der Waals surface area contributed by atoms with Gasteiger partial charge in [0, 0.05) is 6.21 Å². The summed E-state index contributed by atoms with van der Waals surface area (Å²) in [6.07, 6.45) is 1.78. The first-order valence-corrected chi connectivity index (χ1v) is 4.61. The van der Waals surface area contributed by atoms with Crippen LogP contribution in [0.1, 0.15) is 13.8 Å². The second-order valence-corrected chi connectivity index (χ2v) is 4.04. The molecule has 7 heteroatoms. The maximum Gasteiger partial charge on any atom is 0.518 e. The molecule has 76 valence electrons. The van der Waals surface area contributed by atoms with Crippen LogP contribution in [0.2, 0.25) is 0 Å². The summed E-state index contributed by atoms with van der Waals surface area (Å²) in [5.41, 5.74) is -4.67. The molecule has 0 spiro atoms. The van der Waals surface area contributed by atoms with Crippen LogP contribution in [0, 0.1) is 0 Å². The van der Waals surface area contributed by atoms with Crippen LogP contribution in [0.25, 0.3) is 0 Å². The highest BCUT2D eigenvalue weighted by atomic mass is 32.2. The van der Waals surface area contributed by atoms with E-state index in [1.54, 1.807) is 13.8 Å². The molecule has 0 heterocycles. The molecule has 0 rings (SSSR count). The fourth-order valence-electron chi connectivity index (χ4n) is 0.319. The Morgan fingerprint density at radius 1 is 1.31 bits per heavy atom. The van der Waals surface area contributed by atoms with Gasteiger partial charge in [-0.2, -0.15) is 26.0 Å². The van der Waals surface area contributed by atoms with E-state index in [4.69, 9.17) is 0 Å². The molecule has 3 nitrogen and oxygen atoms in total. The second kappa shape index (κ2) is 3.91. The smallest absolute Gasteiger partial charge is 0.195 e. The van der Waals surface area contributed by atoms with E-state index < -0.39 is 15.5 Å². The fraction of sp³-hybridized carbons (Fsp3) is 0.500. The third-order valence-electron chi connectivity index (χ3n) is 0.900. The van der Waals surface area contributed by atoms with Gasteiger partial charge in [-0.1, -0.05) is 5.57 Å². The predicted molar refractivity (Wildman–Crippen MR) is 42.9 cm³/mol. The normalized spacial score (nSPS) is 13.3. The van der Waals surface area contributed by atoms with Gasteiger partial charge in [-0.15, -0.1) is 0 Å². The molecular formula is C6H8F3NO2S. The van der Waals surface area contributed by atoms with E-state index >= 15 is 0 Å². The van der Waals surface area contributed by atoms with Crippen LogP contribution in [0.15, 0.2) is 16.0 Å². The average molecular weight is 215 g/mol. The highest BCUT2D eigenvalue weighted by Gasteiger charge is 2.45. The molecule has 0 bridgehead atoms. The molecule has 0 aromatic heterocycles. The van der Waals surface area contributed by atoms with Gasteiger partial charge in [0.05, 0.1) is 0 Å². The van der Waals surface area contributed by atoms with Gasteiger partial charge in [-0.05, 0) is 19.9 Å². The lowest BCUT2D eigenvalue weighted by molar-refractivity contribution is -0.0435. The molecule has 0 fully saturated rings. The summed E-state index contributed by atoms with van der Waals surface area (Å²) < 4.78 is 57.9. The Hall–Kier alpha value is -0.850. The standard InChI is InChI=1S/C6H8F3NO2S/c1-5(2)3-4-10-13(11,12)6(7,8)9/h3-4H,1-2H3/b10-4+. The van der Waals surface area contributed by atoms with Crippen molar-refractivity contribution in [1.29, 1.82) is 0 Å². The van der Waals surface area contributed by atoms with Crippen molar-refractivity contribution in [3.05, 3.63) is 11.6 Å². The van der Waals surface area contributed by atoms with E-state index in [2.05, 4.69) is 4.40 Å². The summed E-state index contributed by atoms with van der Waals surface area (Å²) in [6, 6.07) is 0. The zero-order valence-corrected chi connectivity index (χ0v) is 7.78. The topological polar surface area (TPSA) is 46.5 Å². The zero-order chi connectivity index (χ0) is 10.7. The lowest BCUT2D eigenvalue weighted by Crippen LogP contribution is -2.20. The van der Waals surface area contributed by atoms with Gasteiger partial charge in [-0.25, -0.2) is 0 Å². The summed E-state index contributed by atoms with van der Waals surface area (Å²) in [7, 11) is -5.37. The van der Waals surface area contributed by atoms with Crippen molar-refractivity contribution in [2.45, 2.75) is 19.4 Å². The highest BCUT2D eigenvalue weighted by molar-refractivity contribution is 7.91. The first kappa shape index (κ1) is 12.2. The van der Waals surface area contributed by atoms with Crippen LogP contribution in [0.4, 0.5) is 13.2 Å². The van der Waals surface area contributed by atoms with Crippen molar-refractivity contribution in [1.82, 2.24) is 0 Å². The van der Waals surface area contributed by atoms with Crippen molar-refractivity contribution in [3.8, 4) is 0 Å². The summed E-state index contributed by atoms with van der Waals surface area (Å²) in [4.78, 5) is 0. The Bertz CT molecular complexity index is 322. The number of allylic oxidation sites excluding steroid dienone is 2. The van der Waals surface area contributed by atoms with Gasteiger partial charge in [0.15, 0.2) is 0 Å². The van der Waals surface area contributed by atoms with Crippen LogP contribution >= 0.6 is 0 Å². The molecule has 0 amide bonds. The maximum absolute atomic E-state index is 11.6. The molecule has 0 aliphatic carbocycles. The molecule has 0 aliphatic heterocycles. The van der Waals surface area contributed by atoms with Crippen LogP contribution in [0.3, 0.4) is 0 Å². The van der Waals surface area contributed by atoms with Gasteiger partial charge in [0.25, 0.3) is 0 Å². The number of alkyl halides is 3. The van der Waals surface area contributed by atoms with Crippen molar-refractivity contribution in [2.75, 3.05) is 0 Å². The Labute approximate surface area is 74.0 Å². The summed E-state index contributed by atoms with van der Waals surface area (Å²) in [6.45, 7) is 3.21. The Kier molecular flexibility index (Phi) is 3.65. The van der Waals surface area contributed by atoms with E-state index in [9.17, 15) is 21.6 Å². The van der Waals surface area contributed by atoms with Gasteiger partial charge >= 0.3 is 15.5 Å². The lowest BCUT2D eigenvalue weighted by Gasteiger charge is -2.00. The number of halogens is 3. The SMILES string of the molecule is CC(C)=C/C=N/S(=O)(=O)C(F)(F)F. The molecule has 0 atom stereocenters. The molecule has 0 aromatic carbocycles. The van der Waals surface area contributed by atoms with Crippen LogP contribution in [-0.4, -0.2) is 20.1 Å². The molecule has 0 radical (unpaired) electrons. The van der Waals surface area contributed by atoms with E-state index in [0.717, 1.165) is 0 Å². The van der Waals surface area contributed by atoms with Crippen molar-refractivity contribution in [3.63, 3.8) is 0 Å². The number of nitrogens with zero attached hydrogens (tertiary/aromatic N) is 1. The first-order chi connectivity index (χ1) is 5.67. The minimum Gasteiger partial charge on any atom is -0.195 e. The Morgan fingerprint density at radius 3 is 2.08 bits per heavy atom. The van der Waals surface area contributed by atoms with Crippen LogP contribution < -0.4 is 0 Å². The quantitative estimate of drug-likeness (QED) is 0.660. The molecule has 0 saturated carbocycles. The largest absolute Gasteiger partial charge is 0.518 e. The van der Waals surface area contributed by atoms with Gasteiger partial charge in [0.2, 0.25) is 0 Å². The van der Waals surface area contributed by atoms with Gasteiger partial charge in [0.1, 0.15) is 0 Å². The zero-order valence-electron chi connectivity index (χ0n) is 6.96. The molecule has 0 saturated heterocycles. The van der Waals surface area contributed by atoms with E-state index in [-0.39, 0.29) is 0 Å². The third kappa shape index (κ3) is 4.07. The number of sulfonamides is 1. The molecular weight excluding hydrogens is 207 g/mol. The van der Waals surface area contributed by atoms with Gasteiger partial charge in [-0.3, -0.25) is 0 Å². The van der Waals surface area contributed by atoms with Crippen molar-refractivity contribution < 1.29 is 21.6 Å². The summed E-state index contributed by atoms with van der Waals surface area (Å²) in [5.74, 6) is 0. The monoisotopic (exact) mass is 215 g/mol. The number of rotatable bonds is 2. The van der Waals surface area contributed by atoms with E-state index in [1.807, 2.05) is 0 Å². The minimum atomic E-state index is -5.37. The predicted octanol–water partition coefficient (Wildman–Crippen LogP) is 1.87. The first-order valence-electron chi connectivity index (χ1n) is 3.17. The number of hydrogen-bond acceptors (Lipinski definition) is 2. The summed E-state index contributed by atoms with van der Waals surface area (Å²) in [5, 5.41) is 0. The minimum absolute atomic E-state index is 0.609. The van der Waals surface area contributed by atoms with Crippen LogP contribution in [-0.2, 0) is 10.0 Å². The molecule has 0 N–H and O–H groups in total. The molecule has 13 heavy (non-hydrogen) atoms. The van der Waals surface area contributed by atoms with Gasteiger partial charge < -0.3 is 0 Å². The molecule has 0 aromatic rings. The Morgan fingerprint density at radius 2 is 1.77 bits per heavy atom. The fourth-order valence-corrected chi connectivity index (χ4v) is 0.660. The molecule has 0 unspecified atom stereocenters. The maximum atomic E-state index is 11.6. The third-order valence-corrected chi connectivity index (χ3v) is 1.88.